The topological polar surface area (TPSA) is 26.0 Å². The first-order valence-electron chi connectivity index (χ1n) is 4.83. The van der Waals surface area contributed by atoms with Crippen LogP contribution in [0, 0.1) is 0 Å². The number of hydrogen-bond acceptors (Lipinski definition) is 3. The molecule has 1 atom stereocenters. The largest absolute Gasteiger partial charge is 0.330 e. The van der Waals surface area contributed by atoms with E-state index in [0.717, 1.165) is 10.8 Å². The van der Waals surface area contributed by atoms with Gasteiger partial charge in [-0.05, 0) is 6.42 Å². The molecule has 0 heterocycles. The molecular weight excluding hydrogens is 138 g/mol. The molecule has 0 bridgehead atoms. The van der Waals surface area contributed by atoms with Crippen molar-refractivity contribution in [3.05, 3.63) is 0 Å². The van der Waals surface area contributed by atoms with Crippen LogP contribution in [0.4, 0.5) is 0 Å². The van der Waals surface area contributed by atoms with Crippen molar-refractivity contribution < 1.29 is 6.85 Å². The Labute approximate surface area is 66.2 Å². The Morgan fingerprint density at radius 1 is 1.50 bits per heavy atom. The SMILES string of the molecule is [2H]C(N)C([2H])([2H])SSC([2H])([2H])CC. The van der Waals surface area contributed by atoms with E-state index in [-0.39, 0.29) is 0 Å². The van der Waals surface area contributed by atoms with Crippen LogP contribution >= 0.6 is 21.6 Å². The fourth-order valence-electron chi connectivity index (χ4n) is 0.140. The molecular formula is C5H13NS2. The Bertz CT molecular complexity index is 163. The highest BCUT2D eigenvalue weighted by atomic mass is 33.1. The van der Waals surface area contributed by atoms with Crippen molar-refractivity contribution in [1.82, 2.24) is 0 Å². The van der Waals surface area contributed by atoms with E-state index in [0.29, 0.717) is 17.2 Å². The fourth-order valence-corrected chi connectivity index (χ4v) is 1.26. The third-order valence-electron chi connectivity index (χ3n) is 0.361. The van der Waals surface area contributed by atoms with Crippen LogP contribution in [-0.4, -0.2) is 17.9 Å². The van der Waals surface area contributed by atoms with E-state index in [2.05, 4.69) is 0 Å². The Balaban J connectivity index is 4.02. The molecule has 50 valence electrons. The minimum Gasteiger partial charge on any atom is -0.330 e. The normalized spacial score (nSPS) is 26.5. The predicted octanol–water partition coefficient (Wildman–Crippen LogP) is 1.74. The first-order valence-corrected chi connectivity index (χ1v) is 4.41. The molecule has 0 rings (SSSR count). The summed E-state index contributed by atoms with van der Waals surface area (Å²) < 4.78 is 36.2. The van der Waals surface area contributed by atoms with Crippen LogP contribution in [0.15, 0.2) is 0 Å². The quantitative estimate of drug-likeness (QED) is 0.614. The maximum atomic E-state index is 7.34. The Kier molecular flexibility index (Phi) is 3.04. The molecule has 0 radical (unpaired) electrons. The molecule has 0 aromatic heterocycles. The highest BCUT2D eigenvalue weighted by Crippen LogP contribution is 2.20. The van der Waals surface area contributed by atoms with Gasteiger partial charge in [0.15, 0.2) is 0 Å². The second-order valence-corrected chi connectivity index (χ2v) is 2.81. The lowest BCUT2D eigenvalue weighted by Crippen LogP contribution is -1.99. The van der Waals surface area contributed by atoms with Crippen LogP contribution in [0.3, 0.4) is 0 Å². The molecule has 0 saturated carbocycles. The highest BCUT2D eigenvalue weighted by Gasteiger charge is 1.83. The minimum atomic E-state index is -1.91. The third kappa shape index (κ3) is 6.66. The van der Waals surface area contributed by atoms with Crippen molar-refractivity contribution >= 4 is 21.6 Å². The highest BCUT2D eigenvalue weighted by molar-refractivity contribution is 8.76. The summed E-state index contributed by atoms with van der Waals surface area (Å²) in [6.07, 6.45) is 0.300. The van der Waals surface area contributed by atoms with E-state index in [1.54, 1.807) is 6.92 Å². The van der Waals surface area contributed by atoms with Crippen LogP contribution in [0.5, 0.6) is 0 Å². The van der Waals surface area contributed by atoms with Crippen LogP contribution < -0.4 is 5.73 Å². The molecule has 0 saturated heterocycles. The van der Waals surface area contributed by atoms with E-state index in [1.165, 1.54) is 0 Å². The van der Waals surface area contributed by atoms with Gasteiger partial charge < -0.3 is 5.73 Å². The van der Waals surface area contributed by atoms with Crippen LogP contribution in [0.2, 0.25) is 0 Å². The molecule has 1 unspecified atom stereocenters. The second-order valence-electron chi connectivity index (χ2n) is 0.949. The first-order chi connectivity index (χ1) is 5.71. The minimum absolute atomic E-state index is 0.300. The van der Waals surface area contributed by atoms with Crippen molar-refractivity contribution in [3.8, 4) is 0 Å². The molecule has 0 amide bonds. The molecule has 0 aromatic carbocycles. The molecule has 0 aromatic rings. The maximum Gasteiger partial charge on any atom is 0.0434 e. The van der Waals surface area contributed by atoms with E-state index in [1.807, 2.05) is 0 Å². The van der Waals surface area contributed by atoms with Gasteiger partial charge in [-0.1, -0.05) is 28.5 Å². The molecule has 0 aliphatic heterocycles. The van der Waals surface area contributed by atoms with Gasteiger partial charge in [0.25, 0.3) is 0 Å². The van der Waals surface area contributed by atoms with Crippen molar-refractivity contribution in [2.45, 2.75) is 13.3 Å². The van der Waals surface area contributed by atoms with Gasteiger partial charge >= 0.3 is 0 Å². The molecule has 0 aliphatic carbocycles. The Morgan fingerprint density at radius 3 is 2.62 bits per heavy atom. The van der Waals surface area contributed by atoms with Gasteiger partial charge in [0.05, 0.1) is 0 Å². The standard InChI is InChI=1S/C5H13NS2/c1-2-4-7-8-5-3-6/h2-6H2,1H3/i3D,4D2,5D2. The summed E-state index contributed by atoms with van der Waals surface area (Å²) in [5.41, 5.74) is 1.70. The summed E-state index contributed by atoms with van der Waals surface area (Å²) in [5, 5.41) is 0. The van der Waals surface area contributed by atoms with Crippen molar-refractivity contribution in [2.24, 2.45) is 5.73 Å². The predicted molar refractivity (Wildman–Crippen MR) is 44.3 cm³/mol. The summed E-state index contributed by atoms with van der Waals surface area (Å²) in [7, 11) is 1.47. The van der Waals surface area contributed by atoms with E-state index in [4.69, 9.17) is 12.6 Å². The average Bonchev–Trinajstić information content (AvgIpc) is 2.01. The average molecular weight is 156 g/mol. The Morgan fingerprint density at radius 2 is 2.12 bits per heavy atom. The van der Waals surface area contributed by atoms with Crippen LogP contribution in [0.1, 0.15) is 20.2 Å². The lowest BCUT2D eigenvalue weighted by molar-refractivity contribution is 1.11. The van der Waals surface area contributed by atoms with Gasteiger partial charge in [-0.15, -0.1) is 0 Å². The van der Waals surface area contributed by atoms with Crippen LogP contribution in [-0.2, 0) is 0 Å². The van der Waals surface area contributed by atoms with Crippen molar-refractivity contribution in [3.63, 3.8) is 0 Å². The Hall–Kier alpha value is 0.660. The summed E-state index contributed by atoms with van der Waals surface area (Å²) in [4.78, 5) is 0. The fraction of sp³-hybridized carbons (Fsp3) is 1.00. The summed E-state index contributed by atoms with van der Waals surface area (Å²) in [6.45, 7) is 0.335. The maximum absolute atomic E-state index is 7.34. The van der Waals surface area contributed by atoms with E-state index in [9.17, 15) is 0 Å². The van der Waals surface area contributed by atoms with Crippen molar-refractivity contribution in [1.29, 1.82) is 0 Å². The molecule has 0 aliphatic rings. The first kappa shape index (κ1) is 3.17. The lowest BCUT2D eigenvalue weighted by atomic mass is 10.6. The van der Waals surface area contributed by atoms with E-state index < -0.39 is 17.9 Å². The van der Waals surface area contributed by atoms with Gasteiger partial charge in [-0.3, -0.25) is 0 Å². The zero-order valence-corrected chi connectivity index (χ0v) is 6.31. The lowest BCUT2D eigenvalue weighted by Gasteiger charge is -1.93. The molecule has 0 fully saturated rings. The third-order valence-corrected chi connectivity index (χ3v) is 1.98. The van der Waals surface area contributed by atoms with Crippen molar-refractivity contribution in [2.75, 3.05) is 17.9 Å². The zero-order chi connectivity index (χ0) is 10.7. The molecule has 0 spiro atoms. The monoisotopic (exact) mass is 156 g/mol. The number of hydrogen-bond donors (Lipinski definition) is 1. The van der Waals surface area contributed by atoms with Gasteiger partial charge in [0, 0.05) is 24.8 Å². The van der Waals surface area contributed by atoms with Gasteiger partial charge in [-0.25, -0.2) is 0 Å². The molecule has 2 N–H and O–H groups in total. The van der Waals surface area contributed by atoms with Gasteiger partial charge in [0.2, 0.25) is 0 Å². The smallest absolute Gasteiger partial charge is 0.0434 e. The molecule has 3 heteroatoms. The van der Waals surface area contributed by atoms with Gasteiger partial charge in [-0.2, -0.15) is 0 Å². The second kappa shape index (κ2) is 7.66. The van der Waals surface area contributed by atoms with Gasteiger partial charge in [0.1, 0.15) is 0 Å². The van der Waals surface area contributed by atoms with Crippen LogP contribution in [0.25, 0.3) is 0 Å². The summed E-state index contributed by atoms with van der Waals surface area (Å²) >= 11 is 0. The number of rotatable bonds is 5. The van der Waals surface area contributed by atoms with E-state index >= 15 is 0 Å². The number of nitrogens with two attached hydrogens (primary N) is 1. The summed E-state index contributed by atoms with van der Waals surface area (Å²) in [5.74, 6) is 0. The molecule has 8 heavy (non-hydrogen) atoms. The summed E-state index contributed by atoms with van der Waals surface area (Å²) in [6, 6.07) is 0. The molecule has 1 nitrogen and oxygen atoms in total. The zero-order valence-electron chi connectivity index (χ0n) is 9.68.